The molecule has 2 heterocycles. The van der Waals surface area contributed by atoms with Gasteiger partial charge in [0.05, 0.1) is 0 Å². The lowest BCUT2D eigenvalue weighted by Gasteiger charge is -1.71. The summed E-state index contributed by atoms with van der Waals surface area (Å²) in [6.07, 6.45) is 1.94. The summed E-state index contributed by atoms with van der Waals surface area (Å²) in [5.41, 5.74) is 1.83. The molecule has 3 heteroatoms. The molecule has 2 aromatic rings. The third kappa shape index (κ3) is 0.391. The first-order valence-electron chi connectivity index (χ1n) is 2.34. The summed E-state index contributed by atoms with van der Waals surface area (Å²) in [4.78, 5) is 1.20. The second kappa shape index (κ2) is 1.32. The Morgan fingerprint density at radius 1 is 1.62 bits per heavy atom. The Kier molecular flexibility index (Phi) is 0.676. The SMILES string of the molecule is c1cc2scnn2c1. The van der Waals surface area contributed by atoms with Gasteiger partial charge < -0.3 is 0 Å². The van der Waals surface area contributed by atoms with Crippen LogP contribution < -0.4 is 0 Å². The van der Waals surface area contributed by atoms with Crippen molar-refractivity contribution in [3.05, 3.63) is 23.8 Å². The molecule has 0 saturated heterocycles. The van der Waals surface area contributed by atoms with Gasteiger partial charge in [-0.3, -0.25) is 0 Å². The van der Waals surface area contributed by atoms with Crippen molar-refractivity contribution in [1.82, 2.24) is 9.61 Å². The van der Waals surface area contributed by atoms with Gasteiger partial charge in [0.2, 0.25) is 0 Å². The molecule has 0 atom stereocenters. The molecule has 8 heavy (non-hydrogen) atoms. The summed E-state index contributed by atoms with van der Waals surface area (Å²) >= 11 is 1.65. The zero-order valence-corrected chi connectivity index (χ0v) is 4.93. The second-order valence-electron chi connectivity index (χ2n) is 1.53. The van der Waals surface area contributed by atoms with Crippen molar-refractivity contribution in [3.63, 3.8) is 0 Å². The van der Waals surface area contributed by atoms with Crippen molar-refractivity contribution in [2.75, 3.05) is 0 Å². The quantitative estimate of drug-likeness (QED) is 0.519. The summed E-state index contributed by atoms with van der Waals surface area (Å²) < 4.78 is 1.85. The third-order valence-electron chi connectivity index (χ3n) is 1.04. The van der Waals surface area contributed by atoms with E-state index in [0.29, 0.717) is 0 Å². The number of nitrogens with zero attached hydrogens (tertiary/aromatic N) is 2. The molecule has 0 aliphatic heterocycles. The minimum absolute atomic E-state index is 1.20. The molecule has 2 rings (SSSR count). The topological polar surface area (TPSA) is 17.3 Å². The van der Waals surface area contributed by atoms with E-state index < -0.39 is 0 Å². The molecule has 2 aromatic heterocycles. The fraction of sp³-hybridized carbons (Fsp3) is 0. The molecule has 0 amide bonds. The maximum absolute atomic E-state index is 4.01. The Bertz CT molecular complexity index is 232. The maximum Gasteiger partial charge on any atom is 0.119 e. The highest BCUT2D eigenvalue weighted by atomic mass is 32.1. The largest absolute Gasteiger partial charge is 0.230 e. The summed E-state index contributed by atoms with van der Waals surface area (Å²) in [5, 5.41) is 4.01. The van der Waals surface area contributed by atoms with Crippen molar-refractivity contribution in [2.24, 2.45) is 0 Å². The van der Waals surface area contributed by atoms with Gasteiger partial charge in [-0.15, -0.1) is 11.3 Å². The number of hydrogen-bond acceptors (Lipinski definition) is 2. The maximum atomic E-state index is 4.01. The number of hydrogen-bond donors (Lipinski definition) is 0. The normalized spacial score (nSPS) is 10.5. The van der Waals surface area contributed by atoms with Gasteiger partial charge in [-0.25, -0.2) is 4.52 Å². The first-order valence-corrected chi connectivity index (χ1v) is 3.21. The van der Waals surface area contributed by atoms with Gasteiger partial charge in [-0.2, -0.15) is 5.10 Å². The van der Waals surface area contributed by atoms with Gasteiger partial charge in [0.1, 0.15) is 10.3 Å². The van der Waals surface area contributed by atoms with Gasteiger partial charge in [0.25, 0.3) is 0 Å². The second-order valence-corrected chi connectivity index (χ2v) is 2.39. The highest BCUT2D eigenvalue weighted by Crippen LogP contribution is 2.07. The standard InChI is InChI=1S/C5H4N2S/c1-2-5-7(3-1)6-4-8-5/h1-4H. The molecular formula is C5H4N2S. The first-order chi connectivity index (χ1) is 3.97. The van der Waals surface area contributed by atoms with Crippen LogP contribution in [0.4, 0.5) is 0 Å². The Hall–Kier alpha value is -0.830. The molecule has 0 aliphatic rings. The molecule has 0 unspecified atom stereocenters. The lowest BCUT2D eigenvalue weighted by molar-refractivity contribution is 0.977. The smallest absolute Gasteiger partial charge is 0.119 e. The van der Waals surface area contributed by atoms with E-state index in [2.05, 4.69) is 5.10 Å². The van der Waals surface area contributed by atoms with E-state index in [1.807, 2.05) is 28.4 Å². The van der Waals surface area contributed by atoms with E-state index in [4.69, 9.17) is 0 Å². The Morgan fingerprint density at radius 3 is 3.50 bits per heavy atom. The van der Waals surface area contributed by atoms with Crippen LogP contribution >= 0.6 is 11.3 Å². The summed E-state index contributed by atoms with van der Waals surface area (Å²) in [5.74, 6) is 0. The third-order valence-corrected chi connectivity index (χ3v) is 1.80. The van der Waals surface area contributed by atoms with Crippen LogP contribution in [-0.4, -0.2) is 9.61 Å². The van der Waals surface area contributed by atoms with Crippen LogP contribution in [0.15, 0.2) is 23.8 Å². The zero-order valence-electron chi connectivity index (χ0n) is 4.11. The van der Waals surface area contributed by atoms with Crippen LogP contribution in [-0.2, 0) is 0 Å². The summed E-state index contributed by atoms with van der Waals surface area (Å²) in [6.45, 7) is 0. The van der Waals surface area contributed by atoms with Crippen molar-refractivity contribution in [2.45, 2.75) is 0 Å². The highest BCUT2D eigenvalue weighted by Gasteiger charge is 1.88. The molecule has 0 radical (unpaired) electrons. The lowest BCUT2D eigenvalue weighted by atomic mass is 10.7. The molecule has 0 saturated carbocycles. The van der Waals surface area contributed by atoms with E-state index in [0.717, 1.165) is 0 Å². The molecule has 0 fully saturated rings. The van der Waals surface area contributed by atoms with Crippen LogP contribution in [0.5, 0.6) is 0 Å². The number of aromatic nitrogens is 2. The van der Waals surface area contributed by atoms with Gasteiger partial charge in [-0.1, -0.05) is 0 Å². The van der Waals surface area contributed by atoms with Crippen LogP contribution in [0.3, 0.4) is 0 Å². The number of rotatable bonds is 0. The van der Waals surface area contributed by atoms with E-state index in [9.17, 15) is 0 Å². The molecule has 2 nitrogen and oxygen atoms in total. The first kappa shape index (κ1) is 4.09. The van der Waals surface area contributed by atoms with Gasteiger partial charge in [-0.05, 0) is 12.1 Å². The van der Waals surface area contributed by atoms with Crippen molar-refractivity contribution in [1.29, 1.82) is 0 Å². The molecule has 0 spiro atoms. The van der Waals surface area contributed by atoms with E-state index in [1.54, 1.807) is 11.3 Å². The summed E-state index contributed by atoms with van der Waals surface area (Å²) in [6, 6.07) is 4.02. The van der Waals surface area contributed by atoms with Gasteiger partial charge in [0, 0.05) is 6.20 Å². The Balaban J connectivity index is 3.06. The van der Waals surface area contributed by atoms with Gasteiger partial charge in [0.15, 0.2) is 0 Å². The molecule has 0 aromatic carbocycles. The van der Waals surface area contributed by atoms with E-state index in [-0.39, 0.29) is 0 Å². The minimum Gasteiger partial charge on any atom is -0.230 e. The summed E-state index contributed by atoms with van der Waals surface area (Å²) in [7, 11) is 0. The van der Waals surface area contributed by atoms with Gasteiger partial charge >= 0.3 is 0 Å². The minimum atomic E-state index is 1.20. The number of fused-ring (bicyclic) bond motifs is 1. The lowest BCUT2D eigenvalue weighted by Crippen LogP contribution is -1.74. The van der Waals surface area contributed by atoms with Crippen LogP contribution in [0.1, 0.15) is 0 Å². The molecule has 0 N–H and O–H groups in total. The Labute approximate surface area is 50.4 Å². The highest BCUT2D eigenvalue weighted by molar-refractivity contribution is 7.15. The van der Waals surface area contributed by atoms with Crippen molar-refractivity contribution in [3.8, 4) is 0 Å². The monoisotopic (exact) mass is 124 g/mol. The van der Waals surface area contributed by atoms with E-state index in [1.165, 1.54) is 4.83 Å². The average molecular weight is 124 g/mol. The Morgan fingerprint density at radius 2 is 2.62 bits per heavy atom. The predicted octanol–water partition coefficient (Wildman–Crippen LogP) is 1.40. The van der Waals surface area contributed by atoms with Crippen molar-refractivity contribution >= 4 is 16.2 Å². The van der Waals surface area contributed by atoms with Crippen molar-refractivity contribution < 1.29 is 0 Å². The van der Waals surface area contributed by atoms with Crippen LogP contribution in [0.2, 0.25) is 0 Å². The van der Waals surface area contributed by atoms with Crippen LogP contribution in [0.25, 0.3) is 4.83 Å². The fourth-order valence-corrected chi connectivity index (χ4v) is 1.30. The molecule has 0 aliphatic carbocycles. The fourth-order valence-electron chi connectivity index (χ4n) is 0.674. The molecular weight excluding hydrogens is 120 g/mol. The molecule has 0 bridgehead atoms. The predicted molar refractivity (Wildman–Crippen MR) is 33.1 cm³/mol. The zero-order chi connectivity index (χ0) is 5.40. The van der Waals surface area contributed by atoms with Crippen LogP contribution in [0, 0.1) is 0 Å². The molecule has 40 valence electrons. The van der Waals surface area contributed by atoms with E-state index >= 15 is 0 Å². The average Bonchev–Trinajstić information content (AvgIpc) is 2.15.